The van der Waals surface area contributed by atoms with Crippen LogP contribution < -0.4 is 0 Å². The van der Waals surface area contributed by atoms with Crippen LogP contribution in [0.5, 0.6) is 0 Å². The summed E-state index contributed by atoms with van der Waals surface area (Å²) in [6.45, 7) is 2.77. The number of amides is 1. The zero-order valence-corrected chi connectivity index (χ0v) is 14.8. The average Bonchev–Trinajstić information content (AvgIpc) is 2.66. The minimum atomic E-state index is 0.0995. The maximum atomic E-state index is 12.7. The summed E-state index contributed by atoms with van der Waals surface area (Å²) >= 11 is 0. The van der Waals surface area contributed by atoms with E-state index in [4.69, 9.17) is 0 Å². The van der Waals surface area contributed by atoms with Crippen molar-refractivity contribution in [1.29, 1.82) is 0 Å². The van der Waals surface area contributed by atoms with E-state index in [-0.39, 0.29) is 11.4 Å². The summed E-state index contributed by atoms with van der Waals surface area (Å²) < 4.78 is 0. The minimum Gasteiger partial charge on any atom is -0.342 e. The Morgan fingerprint density at radius 1 is 1.08 bits per heavy atom. The maximum Gasteiger partial charge on any atom is 0.226 e. The van der Waals surface area contributed by atoms with Gasteiger partial charge < -0.3 is 4.90 Å². The molecule has 1 aromatic heterocycles. The fourth-order valence-corrected chi connectivity index (χ4v) is 4.46. The molecule has 0 N–H and O–H groups in total. The van der Waals surface area contributed by atoms with E-state index in [0.717, 1.165) is 44.5 Å². The van der Waals surface area contributed by atoms with E-state index in [2.05, 4.69) is 41.2 Å². The van der Waals surface area contributed by atoms with Crippen molar-refractivity contribution >= 4 is 5.91 Å². The lowest BCUT2D eigenvalue weighted by Crippen LogP contribution is -2.55. The molecule has 25 heavy (non-hydrogen) atoms. The van der Waals surface area contributed by atoms with Crippen LogP contribution in [0.25, 0.3) is 0 Å². The Labute approximate surface area is 149 Å². The topological polar surface area (TPSA) is 36.4 Å². The molecule has 3 heterocycles. The number of aromatic nitrogens is 1. The van der Waals surface area contributed by atoms with Crippen molar-refractivity contribution in [3.05, 3.63) is 65.5 Å². The van der Waals surface area contributed by atoms with E-state index in [1.54, 1.807) is 12.4 Å². The highest BCUT2D eigenvalue weighted by atomic mass is 16.2. The van der Waals surface area contributed by atoms with Gasteiger partial charge >= 0.3 is 0 Å². The van der Waals surface area contributed by atoms with E-state index in [9.17, 15) is 4.79 Å². The third-order valence-corrected chi connectivity index (χ3v) is 6.01. The second-order valence-electron chi connectivity index (χ2n) is 7.27. The highest BCUT2D eigenvalue weighted by molar-refractivity contribution is 5.78. The molecule has 0 aliphatic carbocycles. The van der Waals surface area contributed by atoms with Crippen molar-refractivity contribution in [1.82, 2.24) is 14.8 Å². The number of hydrogen-bond acceptors (Lipinski definition) is 3. The second-order valence-corrected chi connectivity index (χ2v) is 7.27. The molecule has 1 fully saturated rings. The van der Waals surface area contributed by atoms with Crippen LogP contribution in [0.2, 0.25) is 0 Å². The van der Waals surface area contributed by atoms with E-state index < -0.39 is 0 Å². The summed E-state index contributed by atoms with van der Waals surface area (Å²) in [6.07, 6.45) is 7.13. The molecule has 0 atom stereocenters. The third-order valence-electron chi connectivity index (χ3n) is 6.01. The molecule has 2 aromatic rings. The van der Waals surface area contributed by atoms with Crippen LogP contribution in [0.4, 0.5) is 0 Å². The molecule has 1 spiro atoms. The first-order valence-corrected chi connectivity index (χ1v) is 9.15. The molecule has 1 saturated heterocycles. The molecule has 0 saturated carbocycles. The molecule has 0 bridgehead atoms. The van der Waals surface area contributed by atoms with E-state index in [1.165, 1.54) is 11.1 Å². The van der Waals surface area contributed by atoms with Crippen molar-refractivity contribution in [3.63, 3.8) is 0 Å². The Morgan fingerprint density at radius 3 is 2.56 bits per heavy atom. The van der Waals surface area contributed by atoms with Crippen molar-refractivity contribution < 1.29 is 4.79 Å². The van der Waals surface area contributed by atoms with Gasteiger partial charge in [-0.05, 0) is 55.1 Å². The molecular formula is C21H25N3O. The Balaban J connectivity index is 1.49. The van der Waals surface area contributed by atoms with Crippen LogP contribution in [0.1, 0.15) is 29.5 Å². The summed E-state index contributed by atoms with van der Waals surface area (Å²) in [7, 11) is 2.24. The van der Waals surface area contributed by atoms with Gasteiger partial charge in [0.25, 0.3) is 0 Å². The van der Waals surface area contributed by atoms with Gasteiger partial charge in [-0.15, -0.1) is 0 Å². The molecule has 0 radical (unpaired) electrons. The summed E-state index contributed by atoms with van der Waals surface area (Å²) in [6, 6.07) is 12.7. The van der Waals surface area contributed by atoms with E-state index in [0.29, 0.717) is 6.42 Å². The number of hydrogen-bond donors (Lipinski definition) is 0. The van der Waals surface area contributed by atoms with Crippen LogP contribution in [-0.2, 0) is 23.2 Å². The smallest absolute Gasteiger partial charge is 0.226 e. The van der Waals surface area contributed by atoms with Gasteiger partial charge in [0.2, 0.25) is 5.91 Å². The average molecular weight is 335 g/mol. The van der Waals surface area contributed by atoms with E-state index in [1.807, 2.05) is 17.0 Å². The summed E-state index contributed by atoms with van der Waals surface area (Å²) in [4.78, 5) is 21.2. The molecule has 2 aliphatic heterocycles. The highest BCUT2D eigenvalue weighted by Crippen LogP contribution is 2.42. The molecule has 130 valence electrons. The van der Waals surface area contributed by atoms with Crippen LogP contribution in [-0.4, -0.2) is 47.4 Å². The molecule has 4 nitrogen and oxygen atoms in total. The molecule has 1 amide bonds. The Bertz CT molecular complexity index is 751. The largest absolute Gasteiger partial charge is 0.342 e. The first-order valence-electron chi connectivity index (χ1n) is 9.15. The highest BCUT2D eigenvalue weighted by Gasteiger charge is 2.43. The SMILES string of the molecule is CN1CCc2ccccc2C12CCN(C(=O)Cc1ccncc1)CC2. The fourth-order valence-electron chi connectivity index (χ4n) is 4.46. The standard InChI is InChI=1S/C21H25N3O/c1-23-13-8-18-4-2-3-5-19(18)21(23)9-14-24(15-10-21)20(25)16-17-6-11-22-12-7-17/h2-7,11-12H,8-10,13-16H2,1H3. The van der Waals surface area contributed by atoms with Crippen LogP contribution in [0, 0.1) is 0 Å². The van der Waals surface area contributed by atoms with Gasteiger partial charge in [0.15, 0.2) is 0 Å². The van der Waals surface area contributed by atoms with Crippen LogP contribution in [0.3, 0.4) is 0 Å². The quantitative estimate of drug-likeness (QED) is 0.846. The number of carbonyl (C=O) groups excluding carboxylic acids is 1. The van der Waals surface area contributed by atoms with Gasteiger partial charge in [-0.3, -0.25) is 14.7 Å². The van der Waals surface area contributed by atoms with Gasteiger partial charge in [-0.2, -0.15) is 0 Å². The zero-order chi connectivity index (χ0) is 17.3. The van der Waals surface area contributed by atoms with E-state index >= 15 is 0 Å². The summed E-state index contributed by atoms with van der Waals surface area (Å²) in [5, 5.41) is 0. The third kappa shape index (κ3) is 2.95. The number of likely N-dealkylation sites (N-methyl/N-ethyl adjacent to an activating group) is 1. The second kappa shape index (κ2) is 6.60. The van der Waals surface area contributed by atoms with Crippen molar-refractivity contribution in [2.75, 3.05) is 26.7 Å². The summed E-state index contributed by atoms with van der Waals surface area (Å²) in [5.41, 5.74) is 4.10. The Kier molecular flexibility index (Phi) is 4.30. The van der Waals surface area contributed by atoms with Crippen LogP contribution >= 0.6 is 0 Å². The van der Waals surface area contributed by atoms with Gasteiger partial charge in [0.1, 0.15) is 0 Å². The number of pyridine rings is 1. The molecule has 0 unspecified atom stereocenters. The minimum absolute atomic E-state index is 0.0995. The van der Waals surface area contributed by atoms with Gasteiger partial charge in [-0.1, -0.05) is 24.3 Å². The molecule has 4 heteroatoms. The van der Waals surface area contributed by atoms with Gasteiger partial charge in [0, 0.05) is 37.6 Å². The summed E-state index contributed by atoms with van der Waals surface area (Å²) in [5.74, 6) is 0.229. The molecule has 1 aromatic carbocycles. The normalized spacial score (nSPS) is 19.6. The number of fused-ring (bicyclic) bond motifs is 2. The number of benzene rings is 1. The lowest BCUT2D eigenvalue weighted by molar-refractivity contribution is -0.133. The van der Waals surface area contributed by atoms with Crippen molar-refractivity contribution in [2.24, 2.45) is 0 Å². The number of rotatable bonds is 2. The first-order chi connectivity index (χ1) is 12.2. The lowest BCUT2D eigenvalue weighted by Gasteiger charge is -2.51. The predicted molar refractivity (Wildman–Crippen MR) is 98.2 cm³/mol. The Morgan fingerprint density at radius 2 is 1.80 bits per heavy atom. The fraction of sp³-hybridized carbons (Fsp3) is 0.429. The molecule has 4 rings (SSSR count). The molecular weight excluding hydrogens is 310 g/mol. The van der Waals surface area contributed by atoms with Gasteiger partial charge in [-0.25, -0.2) is 0 Å². The van der Waals surface area contributed by atoms with Crippen molar-refractivity contribution in [2.45, 2.75) is 31.2 Å². The first kappa shape index (κ1) is 16.3. The number of likely N-dealkylation sites (tertiary alicyclic amines) is 1. The van der Waals surface area contributed by atoms with Gasteiger partial charge in [0.05, 0.1) is 6.42 Å². The van der Waals surface area contributed by atoms with Crippen LogP contribution in [0.15, 0.2) is 48.8 Å². The number of piperidine rings is 1. The van der Waals surface area contributed by atoms with Crippen molar-refractivity contribution in [3.8, 4) is 0 Å². The number of nitrogens with zero attached hydrogens (tertiary/aromatic N) is 3. The monoisotopic (exact) mass is 335 g/mol. The number of carbonyl (C=O) groups is 1. The maximum absolute atomic E-state index is 12.7. The Hall–Kier alpha value is -2.20. The molecule has 2 aliphatic rings. The predicted octanol–water partition coefficient (Wildman–Crippen LogP) is 2.63. The lowest BCUT2D eigenvalue weighted by atomic mass is 9.74. The zero-order valence-electron chi connectivity index (χ0n) is 14.8.